The lowest BCUT2D eigenvalue weighted by atomic mass is 10.0. The first-order valence-corrected chi connectivity index (χ1v) is 7.14. The van der Waals surface area contributed by atoms with Gasteiger partial charge in [-0.05, 0) is 37.0 Å². The van der Waals surface area contributed by atoms with E-state index < -0.39 is 17.9 Å². The molecule has 0 unspecified atom stereocenters. The highest BCUT2D eigenvalue weighted by Gasteiger charge is 2.20. The Morgan fingerprint density at radius 3 is 2.41 bits per heavy atom. The average molecular weight is 298 g/mol. The maximum atomic E-state index is 12.0. The lowest BCUT2D eigenvalue weighted by molar-refractivity contribution is -0.139. The molecule has 0 bridgehead atoms. The van der Waals surface area contributed by atoms with Gasteiger partial charge in [-0.2, -0.15) is 0 Å². The van der Waals surface area contributed by atoms with Gasteiger partial charge >= 0.3 is 5.97 Å². The summed E-state index contributed by atoms with van der Waals surface area (Å²) in [6.45, 7) is 0. The van der Waals surface area contributed by atoms with Crippen molar-refractivity contribution in [2.24, 2.45) is 0 Å². The number of benzene rings is 1. The Labute approximate surface area is 129 Å². The lowest BCUT2D eigenvalue weighted by Crippen LogP contribution is -2.40. The quantitative estimate of drug-likeness (QED) is 0.822. The van der Waals surface area contributed by atoms with Crippen LogP contribution in [-0.2, 0) is 11.2 Å². The maximum Gasteiger partial charge on any atom is 0.326 e. The highest BCUT2D eigenvalue weighted by molar-refractivity contribution is 5.96. The molecule has 2 N–H and O–H groups in total. The fraction of sp³-hybridized carbons (Fsp3) is 0.235. The predicted molar refractivity (Wildman–Crippen MR) is 82.5 cm³/mol. The van der Waals surface area contributed by atoms with Crippen LogP contribution in [-0.4, -0.2) is 28.0 Å². The molecule has 0 fully saturated rings. The number of aliphatic carboxylic acids is 1. The third-order valence-electron chi connectivity index (χ3n) is 3.35. The Hall–Kier alpha value is -2.69. The van der Waals surface area contributed by atoms with Crippen molar-refractivity contribution in [3.05, 3.63) is 66.0 Å². The summed E-state index contributed by atoms with van der Waals surface area (Å²) >= 11 is 0. The van der Waals surface area contributed by atoms with E-state index in [0.29, 0.717) is 18.4 Å². The van der Waals surface area contributed by atoms with Crippen molar-refractivity contribution >= 4 is 11.9 Å². The van der Waals surface area contributed by atoms with Crippen LogP contribution in [0.15, 0.2) is 54.9 Å². The van der Waals surface area contributed by atoms with Crippen molar-refractivity contribution in [1.82, 2.24) is 10.3 Å². The smallest absolute Gasteiger partial charge is 0.326 e. The number of carboxylic acids is 1. The van der Waals surface area contributed by atoms with Crippen molar-refractivity contribution in [2.75, 3.05) is 0 Å². The van der Waals surface area contributed by atoms with Gasteiger partial charge in [0.1, 0.15) is 6.04 Å². The molecular formula is C17H18N2O3. The Balaban J connectivity index is 1.87. The molecule has 22 heavy (non-hydrogen) atoms. The number of carbonyl (C=O) groups is 2. The van der Waals surface area contributed by atoms with E-state index in [4.69, 9.17) is 0 Å². The zero-order chi connectivity index (χ0) is 15.8. The molecule has 0 saturated carbocycles. The van der Waals surface area contributed by atoms with Gasteiger partial charge in [0.2, 0.25) is 0 Å². The number of aromatic nitrogens is 1. The predicted octanol–water partition coefficient (Wildman–Crippen LogP) is 2.29. The summed E-state index contributed by atoms with van der Waals surface area (Å²) in [4.78, 5) is 27.1. The third-order valence-corrected chi connectivity index (χ3v) is 3.35. The molecule has 1 aromatic carbocycles. The van der Waals surface area contributed by atoms with Crippen LogP contribution in [0.25, 0.3) is 0 Å². The highest BCUT2D eigenvalue weighted by atomic mass is 16.4. The molecule has 0 saturated heterocycles. The summed E-state index contributed by atoms with van der Waals surface area (Å²) in [7, 11) is 0. The van der Waals surface area contributed by atoms with Gasteiger partial charge in [0, 0.05) is 18.0 Å². The second-order valence-corrected chi connectivity index (χ2v) is 4.98. The molecular weight excluding hydrogens is 280 g/mol. The second kappa shape index (κ2) is 7.93. The fourth-order valence-corrected chi connectivity index (χ4v) is 2.16. The molecule has 5 nitrogen and oxygen atoms in total. The van der Waals surface area contributed by atoms with Gasteiger partial charge in [-0.25, -0.2) is 4.79 Å². The first-order valence-electron chi connectivity index (χ1n) is 7.14. The Kier molecular flexibility index (Phi) is 5.65. The largest absolute Gasteiger partial charge is 0.480 e. The lowest BCUT2D eigenvalue weighted by Gasteiger charge is -2.14. The number of nitrogens with zero attached hydrogens (tertiary/aromatic N) is 1. The van der Waals surface area contributed by atoms with E-state index in [1.807, 2.05) is 30.3 Å². The summed E-state index contributed by atoms with van der Waals surface area (Å²) in [6.07, 6.45) is 4.87. The van der Waals surface area contributed by atoms with Crippen LogP contribution in [0.4, 0.5) is 0 Å². The zero-order valence-corrected chi connectivity index (χ0v) is 12.1. The van der Waals surface area contributed by atoms with Crippen molar-refractivity contribution in [2.45, 2.75) is 25.3 Å². The van der Waals surface area contributed by atoms with Gasteiger partial charge in [0.15, 0.2) is 0 Å². The van der Waals surface area contributed by atoms with E-state index in [-0.39, 0.29) is 0 Å². The molecule has 0 aliphatic rings. The van der Waals surface area contributed by atoms with Gasteiger partial charge < -0.3 is 10.4 Å². The minimum Gasteiger partial charge on any atom is -0.480 e. The molecule has 5 heteroatoms. The van der Waals surface area contributed by atoms with Crippen molar-refractivity contribution in [3.8, 4) is 0 Å². The molecule has 0 aliphatic carbocycles. The van der Waals surface area contributed by atoms with Gasteiger partial charge in [-0.3, -0.25) is 9.78 Å². The number of amides is 1. The summed E-state index contributed by atoms with van der Waals surface area (Å²) < 4.78 is 0. The number of carboxylic acid groups (broad SMARTS) is 1. The van der Waals surface area contributed by atoms with Crippen LogP contribution in [0.5, 0.6) is 0 Å². The number of pyridine rings is 1. The standard InChI is InChI=1S/C17H18N2O3/c20-16(14-9-11-18-12-10-14)19-15(17(21)22)8-4-7-13-5-2-1-3-6-13/h1-3,5-6,9-12,15H,4,7-8H2,(H,19,20)(H,21,22)/t15-/m1/s1. The first kappa shape index (κ1) is 15.7. The molecule has 0 spiro atoms. The van der Waals surface area contributed by atoms with Gasteiger partial charge in [-0.1, -0.05) is 30.3 Å². The summed E-state index contributed by atoms with van der Waals surface area (Å²) in [5.41, 5.74) is 1.57. The normalized spacial score (nSPS) is 11.6. The monoisotopic (exact) mass is 298 g/mol. The van der Waals surface area contributed by atoms with Gasteiger partial charge in [0.05, 0.1) is 0 Å². The third kappa shape index (κ3) is 4.70. The number of aryl methyl sites for hydroxylation is 1. The molecule has 1 atom stereocenters. The first-order chi connectivity index (χ1) is 10.7. The molecule has 2 aromatic rings. The highest BCUT2D eigenvalue weighted by Crippen LogP contribution is 2.08. The van der Waals surface area contributed by atoms with E-state index >= 15 is 0 Å². The Morgan fingerprint density at radius 2 is 1.77 bits per heavy atom. The van der Waals surface area contributed by atoms with E-state index in [1.54, 1.807) is 12.1 Å². The van der Waals surface area contributed by atoms with Crippen LogP contribution in [0, 0.1) is 0 Å². The molecule has 114 valence electrons. The molecule has 0 radical (unpaired) electrons. The van der Waals surface area contributed by atoms with Crippen LogP contribution < -0.4 is 5.32 Å². The Morgan fingerprint density at radius 1 is 1.09 bits per heavy atom. The minimum atomic E-state index is -1.02. The van der Waals surface area contributed by atoms with Crippen LogP contribution >= 0.6 is 0 Å². The number of rotatable bonds is 7. The minimum absolute atomic E-state index is 0.390. The summed E-state index contributed by atoms with van der Waals surface area (Å²) in [5, 5.41) is 11.8. The van der Waals surface area contributed by atoms with Gasteiger partial charge in [0.25, 0.3) is 5.91 Å². The van der Waals surface area contributed by atoms with E-state index in [0.717, 1.165) is 12.0 Å². The van der Waals surface area contributed by atoms with Crippen molar-refractivity contribution in [1.29, 1.82) is 0 Å². The molecule has 1 amide bonds. The maximum absolute atomic E-state index is 12.0. The SMILES string of the molecule is O=C(N[C@H](CCCc1ccccc1)C(=O)O)c1ccncc1. The number of hydrogen-bond acceptors (Lipinski definition) is 3. The van der Waals surface area contributed by atoms with Crippen LogP contribution in [0.1, 0.15) is 28.8 Å². The second-order valence-electron chi connectivity index (χ2n) is 4.98. The summed E-state index contributed by atoms with van der Waals surface area (Å²) in [5.74, 6) is -1.41. The average Bonchev–Trinajstić information content (AvgIpc) is 2.55. The Bertz CT molecular complexity index is 614. The van der Waals surface area contributed by atoms with E-state index in [2.05, 4.69) is 10.3 Å². The molecule has 1 heterocycles. The fourth-order valence-electron chi connectivity index (χ4n) is 2.16. The number of carbonyl (C=O) groups excluding carboxylic acids is 1. The van der Waals surface area contributed by atoms with E-state index in [9.17, 15) is 14.7 Å². The molecule has 0 aliphatic heterocycles. The zero-order valence-electron chi connectivity index (χ0n) is 12.1. The van der Waals surface area contributed by atoms with Gasteiger partial charge in [-0.15, -0.1) is 0 Å². The van der Waals surface area contributed by atoms with Crippen molar-refractivity contribution in [3.63, 3.8) is 0 Å². The van der Waals surface area contributed by atoms with E-state index in [1.165, 1.54) is 12.4 Å². The topological polar surface area (TPSA) is 79.3 Å². The number of nitrogens with one attached hydrogen (secondary N) is 1. The van der Waals surface area contributed by atoms with Crippen LogP contribution in [0.3, 0.4) is 0 Å². The van der Waals surface area contributed by atoms with Crippen molar-refractivity contribution < 1.29 is 14.7 Å². The van der Waals surface area contributed by atoms with Crippen LogP contribution in [0.2, 0.25) is 0 Å². The summed E-state index contributed by atoms with van der Waals surface area (Å²) in [6, 6.07) is 12.1. The molecule has 1 aromatic heterocycles. The number of hydrogen-bond donors (Lipinski definition) is 2. The molecule has 2 rings (SSSR count).